The van der Waals surface area contributed by atoms with Gasteiger partial charge in [0.1, 0.15) is 0 Å². The Hall–Kier alpha value is -2.83. The van der Waals surface area contributed by atoms with Gasteiger partial charge in [0.05, 0.1) is 5.69 Å². The van der Waals surface area contributed by atoms with E-state index in [2.05, 4.69) is 22.7 Å². The number of urea groups is 1. The highest BCUT2D eigenvalue weighted by molar-refractivity contribution is 5.96. The number of nitrogens with zero attached hydrogens (tertiary/aromatic N) is 3. The summed E-state index contributed by atoms with van der Waals surface area (Å²) in [7, 11) is 0. The molecule has 1 saturated heterocycles. The Kier molecular flexibility index (Phi) is 5.25. The predicted molar refractivity (Wildman–Crippen MR) is 100 cm³/mol. The summed E-state index contributed by atoms with van der Waals surface area (Å²) in [4.78, 5) is 25.7. The quantitative estimate of drug-likeness (QED) is 0.833. The minimum Gasteiger partial charge on any atom is -0.352 e. The van der Waals surface area contributed by atoms with Gasteiger partial charge in [-0.1, -0.05) is 6.92 Å². The van der Waals surface area contributed by atoms with Crippen molar-refractivity contribution in [3.8, 4) is 0 Å². The highest BCUT2D eigenvalue weighted by Gasteiger charge is 2.21. The summed E-state index contributed by atoms with van der Waals surface area (Å²) >= 11 is 0. The normalized spacial score (nSPS) is 15.0. The van der Waals surface area contributed by atoms with E-state index in [0.29, 0.717) is 25.2 Å². The zero-order chi connectivity index (χ0) is 18.7. The second kappa shape index (κ2) is 7.59. The van der Waals surface area contributed by atoms with E-state index in [1.165, 1.54) is 0 Å². The molecule has 1 aliphatic heterocycles. The zero-order valence-electron chi connectivity index (χ0n) is 15.5. The third-order valence-corrected chi connectivity index (χ3v) is 4.50. The molecular weight excluding hydrogens is 330 g/mol. The lowest BCUT2D eigenvalue weighted by molar-refractivity contribution is 0.0946. The second-order valence-corrected chi connectivity index (χ2v) is 6.85. The smallest absolute Gasteiger partial charge is 0.321 e. The number of anilines is 1. The van der Waals surface area contributed by atoms with Crippen molar-refractivity contribution < 1.29 is 9.59 Å². The molecule has 3 rings (SSSR count). The number of carbonyl (C=O) groups excluding carboxylic acids is 2. The summed E-state index contributed by atoms with van der Waals surface area (Å²) < 4.78 is 1.97. The molecule has 1 atom stereocenters. The fourth-order valence-electron chi connectivity index (χ4n) is 3.10. The van der Waals surface area contributed by atoms with Crippen molar-refractivity contribution in [3.05, 3.63) is 47.3 Å². The van der Waals surface area contributed by atoms with Crippen molar-refractivity contribution in [2.24, 2.45) is 5.92 Å². The van der Waals surface area contributed by atoms with Crippen LogP contribution in [-0.2, 0) is 6.54 Å². The monoisotopic (exact) mass is 355 g/mol. The maximum Gasteiger partial charge on any atom is 0.321 e. The number of amides is 3. The van der Waals surface area contributed by atoms with Crippen molar-refractivity contribution in [3.63, 3.8) is 0 Å². The molecule has 0 spiro atoms. The Balaban J connectivity index is 1.53. The number of nitrogens with one attached hydrogen (secondary N) is 2. The van der Waals surface area contributed by atoms with Crippen LogP contribution >= 0.6 is 0 Å². The molecule has 2 heterocycles. The largest absolute Gasteiger partial charge is 0.352 e. The lowest BCUT2D eigenvalue weighted by Crippen LogP contribution is -2.30. The number of rotatable bonds is 6. The molecule has 1 aliphatic rings. The van der Waals surface area contributed by atoms with E-state index >= 15 is 0 Å². The SMILES string of the molecule is Cc1cc(C)n(C[C@H](C)CNC(=O)c2ccc(N3CCNC3=O)cc2)n1. The van der Waals surface area contributed by atoms with E-state index in [1.807, 2.05) is 24.6 Å². The van der Waals surface area contributed by atoms with Gasteiger partial charge in [0.25, 0.3) is 5.91 Å². The van der Waals surface area contributed by atoms with Crippen LogP contribution in [0.1, 0.15) is 28.7 Å². The van der Waals surface area contributed by atoms with E-state index < -0.39 is 0 Å². The topological polar surface area (TPSA) is 79.3 Å². The summed E-state index contributed by atoms with van der Waals surface area (Å²) in [6.07, 6.45) is 0. The van der Waals surface area contributed by atoms with Gasteiger partial charge < -0.3 is 10.6 Å². The van der Waals surface area contributed by atoms with Crippen LogP contribution in [0.4, 0.5) is 10.5 Å². The number of hydrogen-bond acceptors (Lipinski definition) is 3. The number of benzene rings is 1. The Bertz CT molecular complexity index is 797. The van der Waals surface area contributed by atoms with Crippen LogP contribution in [0.25, 0.3) is 0 Å². The van der Waals surface area contributed by atoms with Gasteiger partial charge >= 0.3 is 6.03 Å². The van der Waals surface area contributed by atoms with E-state index in [-0.39, 0.29) is 17.9 Å². The average Bonchev–Trinajstić information content (AvgIpc) is 3.18. The van der Waals surface area contributed by atoms with Crippen LogP contribution in [0.3, 0.4) is 0 Å². The van der Waals surface area contributed by atoms with Crippen molar-refractivity contribution in [1.29, 1.82) is 0 Å². The molecule has 7 heteroatoms. The van der Waals surface area contributed by atoms with Crippen LogP contribution in [0, 0.1) is 19.8 Å². The molecule has 7 nitrogen and oxygen atoms in total. The van der Waals surface area contributed by atoms with Crippen LogP contribution < -0.4 is 15.5 Å². The van der Waals surface area contributed by atoms with Crippen LogP contribution in [0.2, 0.25) is 0 Å². The van der Waals surface area contributed by atoms with Crippen LogP contribution in [0.5, 0.6) is 0 Å². The zero-order valence-corrected chi connectivity index (χ0v) is 15.5. The maximum absolute atomic E-state index is 12.3. The predicted octanol–water partition coefficient (Wildman–Crippen LogP) is 2.10. The van der Waals surface area contributed by atoms with Crippen molar-refractivity contribution in [2.45, 2.75) is 27.3 Å². The molecule has 3 amide bonds. The van der Waals surface area contributed by atoms with Crippen molar-refractivity contribution in [1.82, 2.24) is 20.4 Å². The molecule has 1 aromatic carbocycles. The molecule has 0 aliphatic carbocycles. The molecule has 0 saturated carbocycles. The van der Waals surface area contributed by atoms with E-state index in [0.717, 1.165) is 23.6 Å². The third kappa shape index (κ3) is 4.04. The Morgan fingerprint density at radius 3 is 2.62 bits per heavy atom. The first-order valence-electron chi connectivity index (χ1n) is 8.88. The van der Waals surface area contributed by atoms with E-state index in [9.17, 15) is 9.59 Å². The minimum absolute atomic E-state index is 0.0971. The van der Waals surface area contributed by atoms with Gasteiger partial charge in [-0.15, -0.1) is 0 Å². The van der Waals surface area contributed by atoms with E-state index in [1.54, 1.807) is 29.2 Å². The number of carbonyl (C=O) groups is 2. The first-order chi connectivity index (χ1) is 12.4. The van der Waals surface area contributed by atoms with Crippen molar-refractivity contribution in [2.75, 3.05) is 24.5 Å². The van der Waals surface area contributed by atoms with Gasteiger partial charge in [0.2, 0.25) is 0 Å². The molecular formula is C19H25N5O2. The third-order valence-electron chi connectivity index (χ3n) is 4.50. The number of hydrogen-bond donors (Lipinski definition) is 2. The Labute approximate surface area is 153 Å². The first-order valence-corrected chi connectivity index (χ1v) is 8.88. The highest BCUT2D eigenvalue weighted by atomic mass is 16.2. The molecule has 1 fully saturated rings. The van der Waals surface area contributed by atoms with Gasteiger partial charge in [0, 0.05) is 43.1 Å². The van der Waals surface area contributed by atoms with Crippen LogP contribution in [-0.4, -0.2) is 41.4 Å². The molecule has 0 bridgehead atoms. The Morgan fingerprint density at radius 1 is 1.31 bits per heavy atom. The standard InChI is InChI=1S/C19H25N5O2/c1-13(12-24-15(3)10-14(2)22-24)11-21-18(25)16-4-6-17(7-5-16)23-9-8-20-19(23)26/h4-7,10,13H,8-9,11-12H2,1-3H3,(H,20,26)(H,21,25)/t13-/m1/s1. The summed E-state index contributed by atoms with van der Waals surface area (Å²) in [5.74, 6) is 0.159. The first kappa shape index (κ1) is 18.0. The average molecular weight is 355 g/mol. The van der Waals surface area contributed by atoms with E-state index in [4.69, 9.17) is 0 Å². The lowest BCUT2D eigenvalue weighted by Gasteiger charge is -2.16. The fraction of sp³-hybridized carbons (Fsp3) is 0.421. The fourth-order valence-corrected chi connectivity index (χ4v) is 3.10. The minimum atomic E-state index is -0.109. The second-order valence-electron chi connectivity index (χ2n) is 6.85. The lowest BCUT2D eigenvalue weighted by atomic mass is 10.1. The summed E-state index contributed by atoms with van der Waals surface area (Å²) in [5.41, 5.74) is 3.52. The summed E-state index contributed by atoms with van der Waals surface area (Å²) in [6.45, 7) is 8.74. The molecule has 0 radical (unpaired) electrons. The molecule has 2 N–H and O–H groups in total. The summed E-state index contributed by atoms with van der Waals surface area (Å²) in [6, 6.07) is 9.07. The van der Waals surface area contributed by atoms with Gasteiger partial charge in [0.15, 0.2) is 0 Å². The molecule has 0 unspecified atom stereocenters. The number of aryl methyl sites for hydroxylation is 2. The van der Waals surface area contributed by atoms with Gasteiger partial charge in [-0.2, -0.15) is 5.10 Å². The summed E-state index contributed by atoms with van der Waals surface area (Å²) in [5, 5.41) is 10.2. The molecule has 2 aromatic rings. The van der Waals surface area contributed by atoms with Crippen molar-refractivity contribution >= 4 is 17.6 Å². The molecule has 1 aromatic heterocycles. The van der Waals surface area contributed by atoms with Crippen LogP contribution in [0.15, 0.2) is 30.3 Å². The highest BCUT2D eigenvalue weighted by Crippen LogP contribution is 2.17. The maximum atomic E-state index is 12.3. The Morgan fingerprint density at radius 2 is 2.04 bits per heavy atom. The molecule has 138 valence electrons. The molecule has 26 heavy (non-hydrogen) atoms. The number of aromatic nitrogens is 2. The van der Waals surface area contributed by atoms with Gasteiger partial charge in [-0.3, -0.25) is 14.4 Å². The van der Waals surface area contributed by atoms with Gasteiger partial charge in [-0.25, -0.2) is 4.79 Å². The van der Waals surface area contributed by atoms with Gasteiger partial charge in [-0.05, 0) is 50.1 Å².